The Bertz CT molecular complexity index is 1870. The smallest absolute Gasteiger partial charge is 0.462 e. The molecule has 3 N–H and O–H groups in total. The number of unbranched alkanes of at least 4 members (excludes halogenated alkanes) is 38. The first-order chi connectivity index (χ1) is 45.6. The Hall–Kier alpha value is -1.94. The highest BCUT2D eigenvalue weighted by atomic mass is 31.2. The van der Waals surface area contributed by atoms with Crippen LogP contribution in [0.2, 0.25) is 0 Å². The van der Waals surface area contributed by atoms with Crippen LogP contribution >= 0.6 is 15.6 Å². The number of hydrogen-bond acceptors (Lipinski definition) is 15. The summed E-state index contributed by atoms with van der Waals surface area (Å²) in [6.07, 6.45) is 49.9. The molecule has 17 nitrogen and oxygen atoms in total. The van der Waals surface area contributed by atoms with Crippen LogP contribution in [0, 0.1) is 23.7 Å². The number of aliphatic hydroxyl groups excluding tert-OH is 1. The topological polar surface area (TPSA) is 237 Å². The molecule has 0 fully saturated rings. The summed E-state index contributed by atoms with van der Waals surface area (Å²) in [4.78, 5) is 72.8. The molecule has 0 saturated heterocycles. The molecule has 0 aromatic rings. The van der Waals surface area contributed by atoms with E-state index in [9.17, 15) is 43.2 Å². The van der Waals surface area contributed by atoms with Gasteiger partial charge >= 0.3 is 39.5 Å². The molecule has 0 radical (unpaired) electrons. The Morgan fingerprint density at radius 1 is 0.295 bits per heavy atom. The summed E-state index contributed by atoms with van der Waals surface area (Å²) < 4.78 is 68.5. The van der Waals surface area contributed by atoms with E-state index in [4.69, 9.17) is 37.0 Å². The Morgan fingerprint density at radius 2 is 0.505 bits per heavy atom. The first kappa shape index (κ1) is 93.1. The fourth-order valence-corrected chi connectivity index (χ4v) is 13.1. The summed E-state index contributed by atoms with van der Waals surface area (Å²) in [5.41, 5.74) is 0. The molecule has 0 aromatic heterocycles. The predicted molar refractivity (Wildman–Crippen MR) is 386 cm³/mol. The van der Waals surface area contributed by atoms with Gasteiger partial charge in [0.05, 0.1) is 26.4 Å². The summed E-state index contributed by atoms with van der Waals surface area (Å²) in [7, 11) is -9.91. The van der Waals surface area contributed by atoms with Crippen LogP contribution in [0.1, 0.15) is 383 Å². The standard InChI is InChI=1S/C76H148O17P2/c1-9-69(8)55-47-39-31-23-18-20-24-32-40-48-56-73(78)86-62-71(92-75(80)58-50-42-33-25-16-14-12-10-11-13-15-21-28-36-44-52-66(2)3)64-90-94(82,83)88-60-70(77)61-89-95(84,85)91-65-72(63-87-74(79)57-49-41-35-27-30-38-46-54-68(6)7)93-76(81)59-51-43-34-26-19-17-22-29-37-45-53-67(4)5/h66-72,77H,9-65H2,1-8H3,(H,82,83)(H,84,85)/t69?,70?,71-,72-/m1/s1. The lowest BCUT2D eigenvalue weighted by atomic mass is 9.99. The van der Waals surface area contributed by atoms with E-state index in [1.165, 1.54) is 180 Å². The Morgan fingerprint density at radius 3 is 0.747 bits per heavy atom. The number of phosphoric acid groups is 2. The molecule has 19 heteroatoms. The first-order valence-corrected chi connectivity index (χ1v) is 42.2. The maximum absolute atomic E-state index is 13.1. The third-order valence-corrected chi connectivity index (χ3v) is 19.8. The van der Waals surface area contributed by atoms with Crippen molar-refractivity contribution in [3.8, 4) is 0 Å². The zero-order chi connectivity index (χ0) is 70.3. The maximum atomic E-state index is 13.1. The number of ether oxygens (including phenoxy) is 4. The number of carbonyl (C=O) groups is 4. The van der Waals surface area contributed by atoms with E-state index in [-0.39, 0.29) is 25.7 Å². The van der Waals surface area contributed by atoms with Gasteiger partial charge in [0, 0.05) is 25.7 Å². The minimum absolute atomic E-state index is 0.105. The number of aliphatic hydroxyl groups is 1. The van der Waals surface area contributed by atoms with Crippen molar-refractivity contribution in [3.05, 3.63) is 0 Å². The average Bonchev–Trinajstić information content (AvgIpc) is 1.35. The van der Waals surface area contributed by atoms with Gasteiger partial charge in [-0.15, -0.1) is 0 Å². The predicted octanol–water partition coefficient (Wildman–Crippen LogP) is 22.0. The Labute approximate surface area is 581 Å². The zero-order valence-electron chi connectivity index (χ0n) is 62.3. The lowest BCUT2D eigenvalue weighted by Crippen LogP contribution is -2.30. The van der Waals surface area contributed by atoms with Crippen molar-refractivity contribution in [1.29, 1.82) is 0 Å². The third-order valence-electron chi connectivity index (χ3n) is 17.9. The van der Waals surface area contributed by atoms with Crippen LogP contribution in [0.25, 0.3) is 0 Å². The molecule has 0 bridgehead atoms. The van der Waals surface area contributed by atoms with E-state index in [1.54, 1.807) is 0 Å². The minimum atomic E-state index is -4.96. The van der Waals surface area contributed by atoms with Gasteiger partial charge in [0.25, 0.3) is 0 Å². The van der Waals surface area contributed by atoms with Crippen molar-refractivity contribution in [3.63, 3.8) is 0 Å². The van der Waals surface area contributed by atoms with E-state index in [0.29, 0.717) is 31.6 Å². The van der Waals surface area contributed by atoms with Crippen molar-refractivity contribution >= 4 is 39.5 Å². The number of hydrogen-bond donors (Lipinski definition) is 3. The number of rotatable bonds is 73. The summed E-state index contributed by atoms with van der Waals surface area (Å²) in [6, 6.07) is 0. The molecule has 0 saturated carbocycles. The van der Waals surface area contributed by atoms with E-state index in [1.807, 2.05) is 0 Å². The number of esters is 4. The SMILES string of the molecule is CCC(C)CCCCCCCCCCCCC(=O)OC[C@H](COP(=O)(O)OCC(O)COP(=O)(O)OC[C@@H](COC(=O)CCCCCCCCCC(C)C)OC(=O)CCCCCCCCCCCCC(C)C)OC(=O)CCCCCCCCCCCCCCCCCC(C)C. The lowest BCUT2D eigenvalue weighted by Gasteiger charge is -2.21. The van der Waals surface area contributed by atoms with Crippen LogP contribution in [0.4, 0.5) is 0 Å². The fourth-order valence-electron chi connectivity index (χ4n) is 11.5. The number of phosphoric ester groups is 2. The second-order valence-corrected chi connectivity index (χ2v) is 32.0. The van der Waals surface area contributed by atoms with Crippen molar-refractivity contribution in [1.82, 2.24) is 0 Å². The van der Waals surface area contributed by atoms with Crippen LogP contribution < -0.4 is 0 Å². The molecule has 0 aliphatic rings. The van der Waals surface area contributed by atoms with Gasteiger partial charge in [-0.25, -0.2) is 9.13 Å². The molecule has 95 heavy (non-hydrogen) atoms. The molecule has 6 atom stereocenters. The summed E-state index contributed by atoms with van der Waals surface area (Å²) in [6.45, 7) is 14.2. The average molecular weight is 1400 g/mol. The fraction of sp³-hybridized carbons (Fsp3) is 0.947. The van der Waals surface area contributed by atoms with Gasteiger partial charge in [0.15, 0.2) is 12.2 Å². The van der Waals surface area contributed by atoms with Gasteiger partial charge in [-0.3, -0.25) is 37.3 Å². The molecule has 0 aromatic carbocycles. The minimum Gasteiger partial charge on any atom is -0.462 e. The molecule has 0 rings (SSSR count). The molecule has 0 amide bonds. The highest BCUT2D eigenvalue weighted by molar-refractivity contribution is 7.47. The zero-order valence-corrected chi connectivity index (χ0v) is 64.1. The van der Waals surface area contributed by atoms with E-state index < -0.39 is 97.5 Å². The first-order valence-electron chi connectivity index (χ1n) is 39.2. The van der Waals surface area contributed by atoms with Gasteiger partial charge in [0.2, 0.25) is 0 Å². The van der Waals surface area contributed by atoms with Gasteiger partial charge in [-0.2, -0.15) is 0 Å². The second-order valence-electron chi connectivity index (χ2n) is 29.1. The number of carbonyl (C=O) groups excluding carboxylic acids is 4. The summed E-state index contributed by atoms with van der Waals surface area (Å²) >= 11 is 0. The van der Waals surface area contributed by atoms with Crippen molar-refractivity contribution in [2.75, 3.05) is 39.6 Å². The molecule has 0 heterocycles. The van der Waals surface area contributed by atoms with Crippen LogP contribution in [-0.4, -0.2) is 96.7 Å². The summed E-state index contributed by atoms with van der Waals surface area (Å²) in [5.74, 6) is 0.948. The largest absolute Gasteiger partial charge is 0.472 e. The molecule has 564 valence electrons. The highest BCUT2D eigenvalue weighted by Crippen LogP contribution is 2.45. The molecule has 0 aliphatic heterocycles. The Balaban J connectivity index is 5.25. The summed E-state index contributed by atoms with van der Waals surface area (Å²) in [5, 5.41) is 10.6. The molecular weight excluding hydrogens is 1250 g/mol. The van der Waals surface area contributed by atoms with E-state index in [0.717, 1.165) is 114 Å². The molecule has 0 spiro atoms. The third kappa shape index (κ3) is 69.0. The van der Waals surface area contributed by atoms with Gasteiger partial charge in [-0.1, -0.05) is 331 Å². The van der Waals surface area contributed by atoms with Crippen LogP contribution in [0.15, 0.2) is 0 Å². The van der Waals surface area contributed by atoms with E-state index >= 15 is 0 Å². The van der Waals surface area contributed by atoms with Crippen molar-refractivity contribution < 1.29 is 80.2 Å². The molecular formula is C76H148O17P2. The van der Waals surface area contributed by atoms with Gasteiger partial charge in [0.1, 0.15) is 19.3 Å². The van der Waals surface area contributed by atoms with Crippen LogP contribution in [0.3, 0.4) is 0 Å². The van der Waals surface area contributed by atoms with E-state index in [2.05, 4.69) is 55.4 Å². The van der Waals surface area contributed by atoms with Crippen LogP contribution in [0.5, 0.6) is 0 Å². The van der Waals surface area contributed by atoms with Crippen molar-refractivity contribution in [2.45, 2.75) is 401 Å². The quantitative estimate of drug-likeness (QED) is 0.0222. The van der Waals surface area contributed by atoms with Crippen LogP contribution in [-0.2, 0) is 65.4 Å². The Kier molecular flexibility index (Phi) is 64.0. The normalized spacial score (nSPS) is 14.4. The lowest BCUT2D eigenvalue weighted by molar-refractivity contribution is -0.161. The maximum Gasteiger partial charge on any atom is 0.472 e. The monoisotopic (exact) mass is 1400 g/mol. The molecule has 4 unspecified atom stereocenters. The highest BCUT2D eigenvalue weighted by Gasteiger charge is 2.30. The van der Waals surface area contributed by atoms with Gasteiger partial charge < -0.3 is 33.8 Å². The van der Waals surface area contributed by atoms with Crippen molar-refractivity contribution in [2.24, 2.45) is 23.7 Å². The second kappa shape index (κ2) is 65.4. The molecule has 0 aliphatic carbocycles. The van der Waals surface area contributed by atoms with Gasteiger partial charge in [-0.05, 0) is 49.4 Å².